The highest BCUT2D eigenvalue weighted by Gasteiger charge is 2.30. The summed E-state index contributed by atoms with van der Waals surface area (Å²) < 4.78 is 38.2. The van der Waals surface area contributed by atoms with E-state index in [0.29, 0.717) is 12.1 Å². The molecule has 0 aromatic heterocycles. The second-order valence-corrected chi connectivity index (χ2v) is 4.43. The average molecular weight is 265 g/mol. The third-order valence-electron chi connectivity index (χ3n) is 3.04. The van der Waals surface area contributed by atoms with Crippen molar-refractivity contribution in [1.82, 2.24) is 0 Å². The summed E-state index contributed by atoms with van der Waals surface area (Å²) in [6.07, 6.45) is -4.33. The van der Waals surface area contributed by atoms with Gasteiger partial charge < -0.3 is 5.73 Å². The number of aryl methyl sites for hydroxylation is 1. The third kappa shape index (κ3) is 2.96. The number of nitrogens with two attached hydrogens (primary N) is 1. The Hall–Kier alpha value is -1.81. The fourth-order valence-electron chi connectivity index (χ4n) is 1.98. The summed E-state index contributed by atoms with van der Waals surface area (Å²) in [7, 11) is 0. The number of alkyl halides is 3. The van der Waals surface area contributed by atoms with Gasteiger partial charge in [0.05, 0.1) is 5.56 Å². The van der Waals surface area contributed by atoms with Gasteiger partial charge in [0, 0.05) is 6.54 Å². The van der Waals surface area contributed by atoms with Crippen molar-refractivity contribution in [1.29, 1.82) is 0 Å². The second-order valence-electron chi connectivity index (χ2n) is 4.43. The summed E-state index contributed by atoms with van der Waals surface area (Å²) in [6.45, 7) is 2.16. The maximum atomic E-state index is 12.7. The number of benzene rings is 2. The molecule has 0 amide bonds. The molecule has 0 aliphatic rings. The molecular weight excluding hydrogens is 251 g/mol. The summed E-state index contributed by atoms with van der Waals surface area (Å²) in [5.74, 6) is 0. The molecule has 2 rings (SSSR count). The summed E-state index contributed by atoms with van der Waals surface area (Å²) in [5, 5.41) is 0. The van der Waals surface area contributed by atoms with Crippen molar-refractivity contribution < 1.29 is 13.2 Å². The highest BCUT2D eigenvalue weighted by molar-refractivity contribution is 5.68. The molecule has 100 valence electrons. The van der Waals surface area contributed by atoms with Crippen LogP contribution in [0.3, 0.4) is 0 Å². The van der Waals surface area contributed by atoms with Crippen LogP contribution in [-0.4, -0.2) is 0 Å². The Morgan fingerprint density at radius 1 is 1.05 bits per heavy atom. The Labute approximate surface area is 109 Å². The van der Waals surface area contributed by atoms with Crippen LogP contribution in [0.15, 0.2) is 42.5 Å². The summed E-state index contributed by atoms with van der Waals surface area (Å²) in [4.78, 5) is 0. The predicted molar refractivity (Wildman–Crippen MR) is 69.5 cm³/mol. The Kier molecular flexibility index (Phi) is 3.62. The molecule has 1 nitrogen and oxygen atoms in total. The van der Waals surface area contributed by atoms with Gasteiger partial charge in [0.2, 0.25) is 0 Å². The molecule has 0 saturated heterocycles. The van der Waals surface area contributed by atoms with Crippen molar-refractivity contribution in [2.24, 2.45) is 5.73 Å². The van der Waals surface area contributed by atoms with Gasteiger partial charge in [-0.2, -0.15) is 13.2 Å². The van der Waals surface area contributed by atoms with Crippen LogP contribution in [0.4, 0.5) is 13.2 Å². The molecule has 0 saturated carbocycles. The van der Waals surface area contributed by atoms with Gasteiger partial charge in [-0.15, -0.1) is 0 Å². The van der Waals surface area contributed by atoms with E-state index in [1.807, 2.05) is 12.1 Å². The normalized spacial score (nSPS) is 11.6. The summed E-state index contributed by atoms with van der Waals surface area (Å²) in [5.41, 5.74) is 7.97. The zero-order valence-electron chi connectivity index (χ0n) is 10.5. The van der Waals surface area contributed by atoms with Crippen LogP contribution in [0.2, 0.25) is 0 Å². The smallest absolute Gasteiger partial charge is 0.326 e. The lowest BCUT2D eigenvalue weighted by Crippen LogP contribution is -2.05. The SMILES string of the molecule is Cc1ccc(C(F)(F)F)cc1-c1cccc(CN)c1. The van der Waals surface area contributed by atoms with Crippen LogP contribution in [0.1, 0.15) is 16.7 Å². The molecular formula is C15H14F3N. The van der Waals surface area contributed by atoms with Crippen LogP contribution in [0.25, 0.3) is 11.1 Å². The van der Waals surface area contributed by atoms with Gasteiger partial charge in [-0.05, 0) is 47.4 Å². The number of hydrogen-bond donors (Lipinski definition) is 1. The molecule has 0 aliphatic carbocycles. The highest BCUT2D eigenvalue weighted by atomic mass is 19.4. The molecule has 2 aromatic rings. The largest absolute Gasteiger partial charge is 0.416 e. The van der Waals surface area contributed by atoms with Crippen molar-refractivity contribution in [3.63, 3.8) is 0 Å². The minimum absolute atomic E-state index is 0.367. The Balaban J connectivity index is 2.54. The molecule has 0 aliphatic heterocycles. The molecule has 0 heterocycles. The van der Waals surface area contributed by atoms with E-state index < -0.39 is 11.7 Å². The first-order chi connectivity index (χ1) is 8.91. The standard InChI is InChI=1S/C15H14F3N/c1-10-5-6-13(15(16,17)18)8-14(10)12-4-2-3-11(7-12)9-19/h2-8H,9,19H2,1H3. The Morgan fingerprint density at radius 2 is 1.79 bits per heavy atom. The van der Waals surface area contributed by atoms with E-state index in [4.69, 9.17) is 5.73 Å². The van der Waals surface area contributed by atoms with Gasteiger partial charge in [0.25, 0.3) is 0 Å². The minimum Gasteiger partial charge on any atom is -0.326 e. The lowest BCUT2D eigenvalue weighted by molar-refractivity contribution is -0.137. The lowest BCUT2D eigenvalue weighted by Gasteiger charge is -2.12. The third-order valence-corrected chi connectivity index (χ3v) is 3.04. The Bertz CT molecular complexity index is 588. The van der Waals surface area contributed by atoms with E-state index in [1.54, 1.807) is 19.1 Å². The molecule has 0 fully saturated rings. The first kappa shape index (κ1) is 13.6. The maximum Gasteiger partial charge on any atom is 0.416 e. The summed E-state index contributed by atoms with van der Waals surface area (Å²) >= 11 is 0. The molecule has 2 N–H and O–H groups in total. The van der Waals surface area contributed by atoms with Crippen molar-refractivity contribution in [3.8, 4) is 11.1 Å². The zero-order valence-corrected chi connectivity index (χ0v) is 10.5. The monoisotopic (exact) mass is 265 g/mol. The molecule has 0 spiro atoms. The van der Waals surface area contributed by atoms with E-state index >= 15 is 0 Å². The topological polar surface area (TPSA) is 26.0 Å². The van der Waals surface area contributed by atoms with Crippen LogP contribution < -0.4 is 5.73 Å². The number of rotatable bonds is 2. The zero-order chi connectivity index (χ0) is 14.0. The van der Waals surface area contributed by atoms with Crippen LogP contribution in [-0.2, 0) is 12.7 Å². The van der Waals surface area contributed by atoms with Crippen LogP contribution in [0.5, 0.6) is 0 Å². The minimum atomic E-state index is -4.33. The Morgan fingerprint density at radius 3 is 2.42 bits per heavy atom. The lowest BCUT2D eigenvalue weighted by atomic mass is 9.96. The van der Waals surface area contributed by atoms with E-state index in [9.17, 15) is 13.2 Å². The van der Waals surface area contributed by atoms with Gasteiger partial charge >= 0.3 is 6.18 Å². The molecule has 0 unspecified atom stereocenters. The molecule has 0 atom stereocenters. The quantitative estimate of drug-likeness (QED) is 0.867. The molecule has 2 aromatic carbocycles. The molecule has 0 radical (unpaired) electrons. The van der Waals surface area contributed by atoms with E-state index in [0.717, 1.165) is 22.8 Å². The van der Waals surface area contributed by atoms with Crippen molar-refractivity contribution in [2.45, 2.75) is 19.6 Å². The van der Waals surface area contributed by atoms with Crippen molar-refractivity contribution in [2.75, 3.05) is 0 Å². The van der Waals surface area contributed by atoms with Crippen molar-refractivity contribution >= 4 is 0 Å². The van der Waals surface area contributed by atoms with Gasteiger partial charge in [0.1, 0.15) is 0 Å². The fourth-order valence-corrected chi connectivity index (χ4v) is 1.98. The van der Waals surface area contributed by atoms with E-state index in [1.165, 1.54) is 12.1 Å². The van der Waals surface area contributed by atoms with Crippen LogP contribution in [0, 0.1) is 6.92 Å². The van der Waals surface area contributed by atoms with Gasteiger partial charge in [-0.1, -0.05) is 24.3 Å². The van der Waals surface area contributed by atoms with Crippen molar-refractivity contribution in [3.05, 3.63) is 59.2 Å². The summed E-state index contributed by atoms with van der Waals surface area (Å²) in [6, 6.07) is 11.1. The predicted octanol–water partition coefficient (Wildman–Crippen LogP) is 4.14. The van der Waals surface area contributed by atoms with E-state index in [-0.39, 0.29) is 0 Å². The highest BCUT2D eigenvalue weighted by Crippen LogP contribution is 2.34. The van der Waals surface area contributed by atoms with Gasteiger partial charge in [-0.3, -0.25) is 0 Å². The first-order valence-corrected chi connectivity index (χ1v) is 5.89. The van der Waals surface area contributed by atoms with E-state index in [2.05, 4.69) is 0 Å². The number of hydrogen-bond acceptors (Lipinski definition) is 1. The van der Waals surface area contributed by atoms with Gasteiger partial charge in [-0.25, -0.2) is 0 Å². The molecule has 0 bridgehead atoms. The maximum absolute atomic E-state index is 12.7. The first-order valence-electron chi connectivity index (χ1n) is 5.89. The average Bonchev–Trinajstić information content (AvgIpc) is 2.38. The van der Waals surface area contributed by atoms with Gasteiger partial charge in [0.15, 0.2) is 0 Å². The fraction of sp³-hybridized carbons (Fsp3) is 0.200. The second kappa shape index (κ2) is 5.05. The molecule has 19 heavy (non-hydrogen) atoms. The number of halogens is 3. The van der Waals surface area contributed by atoms with Crippen LogP contribution >= 0.6 is 0 Å². The molecule has 4 heteroatoms.